The molecule has 2 aromatic carbocycles. The van der Waals surface area contributed by atoms with Crippen LogP contribution >= 0.6 is 11.8 Å². The maximum absolute atomic E-state index is 12.2. The standard InChI is InChI=1S/C14H12N2O2S2/c1-19-13-6-8-14(9-7-13)20(17,18)16-12-4-2-11(10-15)3-5-12/h2-9,16H,1H3. The summed E-state index contributed by atoms with van der Waals surface area (Å²) in [5.74, 6) is 0. The van der Waals surface area contributed by atoms with Crippen LogP contribution in [0.1, 0.15) is 5.56 Å². The third-order valence-corrected chi connectivity index (χ3v) is 4.78. The molecule has 0 aromatic heterocycles. The van der Waals surface area contributed by atoms with Crippen molar-refractivity contribution in [2.75, 3.05) is 11.0 Å². The Morgan fingerprint density at radius 3 is 2.15 bits per heavy atom. The van der Waals surface area contributed by atoms with Crippen LogP contribution in [0.4, 0.5) is 5.69 Å². The van der Waals surface area contributed by atoms with Crippen molar-refractivity contribution in [2.45, 2.75) is 9.79 Å². The third-order valence-electron chi connectivity index (χ3n) is 2.64. The van der Waals surface area contributed by atoms with Gasteiger partial charge in [-0.05, 0) is 54.8 Å². The summed E-state index contributed by atoms with van der Waals surface area (Å²) in [7, 11) is -3.60. The van der Waals surface area contributed by atoms with Gasteiger partial charge in [0.25, 0.3) is 10.0 Å². The Bertz CT molecular complexity index is 730. The van der Waals surface area contributed by atoms with Crippen LogP contribution in [0.5, 0.6) is 0 Å². The molecule has 6 heteroatoms. The van der Waals surface area contributed by atoms with Crippen molar-refractivity contribution in [2.24, 2.45) is 0 Å². The first-order valence-electron chi connectivity index (χ1n) is 5.72. The van der Waals surface area contributed by atoms with Crippen molar-refractivity contribution in [3.63, 3.8) is 0 Å². The van der Waals surface area contributed by atoms with Gasteiger partial charge in [-0.3, -0.25) is 4.72 Å². The molecule has 0 saturated carbocycles. The Morgan fingerprint density at radius 2 is 1.65 bits per heavy atom. The van der Waals surface area contributed by atoms with E-state index in [0.29, 0.717) is 11.3 Å². The van der Waals surface area contributed by atoms with Crippen LogP contribution in [0, 0.1) is 11.3 Å². The summed E-state index contributed by atoms with van der Waals surface area (Å²) in [6, 6.07) is 14.9. The first kappa shape index (κ1) is 14.4. The molecule has 2 aromatic rings. The lowest BCUT2D eigenvalue weighted by molar-refractivity contribution is 0.601. The molecule has 102 valence electrons. The van der Waals surface area contributed by atoms with E-state index in [9.17, 15) is 8.42 Å². The Hall–Kier alpha value is -1.97. The van der Waals surface area contributed by atoms with Gasteiger partial charge in [0.15, 0.2) is 0 Å². The normalized spacial score (nSPS) is 10.8. The van der Waals surface area contributed by atoms with Crippen molar-refractivity contribution in [3.8, 4) is 6.07 Å². The van der Waals surface area contributed by atoms with Gasteiger partial charge in [-0.15, -0.1) is 11.8 Å². The highest BCUT2D eigenvalue weighted by molar-refractivity contribution is 7.98. The molecule has 0 atom stereocenters. The molecule has 0 aliphatic carbocycles. The van der Waals surface area contributed by atoms with Crippen LogP contribution in [-0.4, -0.2) is 14.7 Å². The average molecular weight is 304 g/mol. The van der Waals surface area contributed by atoms with Gasteiger partial charge in [-0.25, -0.2) is 8.42 Å². The average Bonchev–Trinajstić information content (AvgIpc) is 2.48. The zero-order chi connectivity index (χ0) is 14.6. The summed E-state index contributed by atoms with van der Waals surface area (Å²) in [5, 5.41) is 8.70. The van der Waals surface area contributed by atoms with Crippen molar-refractivity contribution in [1.82, 2.24) is 0 Å². The molecule has 0 bridgehead atoms. The topological polar surface area (TPSA) is 70.0 Å². The fraction of sp³-hybridized carbons (Fsp3) is 0.0714. The van der Waals surface area contributed by atoms with Gasteiger partial charge in [0, 0.05) is 10.6 Å². The van der Waals surface area contributed by atoms with E-state index in [2.05, 4.69) is 4.72 Å². The number of benzene rings is 2. The number of rotatable bonds is 4. The van der Waals surface area contributed by atoms with Gasteiger partial charge < -0.3 is 0 Å². The van der Waals surface area contributed by atoms with Crippen LogP contribution in [0.25, 0.3) is 0 Å². The second-order valence-corrected chi connectivity index (χ2v) is 6.53. The van der Waals surface area contributed by atoms with Crippen LogP contribution in [-0.2, 0) is 10.0 Å². The maximum atomic E-state index is 12.2. The minimum absolute atomic E-state index is 0.208. The number of nitrogens with zero attached hydrogens (tertiary/aromatic N) is 1. The summed E-state index contributed by atoms with van der Waals surface area (Å²) >= 11 is 1.55. The number of hydrogen-bond acceptors (Lipinski definition) is 4. The largest absolute Gasteiger partial charge is 0.280 e. The third kappa shape index (κ3) is 3.32. The number of thioether (sulfide) groups is 1. The van der Waals surface area contributed by atoms with Gasteiger partial charge in [-0.2, -0.15) is 5.26 Å². The lowest BCUT2D eigenvalue weighted by atomic mass is 10.2. The van der Waals surface area contributed by atoms with Crippen molar-refractivity contribution in [3.05, 3.63) is 54.1 Å². The van der Waals surface area contributed by atoms with Gasteiger partial charge in [0.05, 0.1) is 16.5 Å². The van der Waals surface area contributed by atoms with E-state index in [1.807, 2.05) is 12.3 Å². The summed E-state index contributed by atoms with van der Waals surface area (Å²) in [4.78, 5) is 1.21. The van der Waals surface area contributed by atoms with E-state index in [-0.39, 0.29) is 4.90 Å². The zero-order valence-corrected chi connectivity index (χ0v) is 12.3. The van der Waals surface area contributed by atoms with E-state index in [1.54, 1.807) is 60.3 Å². The second kappa shape index (κ2) is 5.99. The molecule has 0 saturated heterocycles. The molecule has 0 aliphatic heterocycles. The molecule has 2 rings (SSSR count). The molecule has 4 nitrogen and oxygen atoms in total. The number of nitriles is 1. The number of anilines is 1. The van der Waals surface area contributed by atoms with Crippen molar-refractivity contribution in [1.29, 1.82) is 5.26 Å². The molecule has 0 amide bonds. The Balaban J connectivity index is 2.23. The highest BCUT2D eigenvalue weighted by Crippen LogP contribution is 2.20. The number of nitrogens with one attached hydrogen (secondary N) is 1. The zero-order valence-electron chi connectivity index (χ0n) is 10.7. The van der Waals surface area contributed by atoms with Gasteiger partial charge in [0.2, 0.25) is 0 Å². The smallest absolute Gasteiger partial charge is 0.261 e. The SMILES string of the molecule is CSc1ccc(S(=O)(=O)Nc2ccc(C#N)cc2)cc1. The van der Waals surface area contributed by atoms with E-state index >= 15 is 0 Å². The van der Waals surface area contributed by atoms with Gasteiger partial charge in [0.1, 0.15) is 0 Å². The summed E-state index contributed by atoms with van der Waals surface area (Å²) in [6.07, 6.45) is 1.93. The second-order valence-electron chi connectivity index (χ2n) is 3.97. The molecule has 0 spiro atoms. The highest BCUT2D eigenvalue weighted by atomic mass is 32.2. The highest BCUT2D eigenvalue weighted by Gasteiger charge is 2.13. The van der Waals surface area contributed by atoms with Crippen molar-refractivity contribution < 1.29 is 8.42 Å². The quantitative estimate of drug-likeness (QED) is 0.881. The molecule has 0 fully saturated rings. The fourth-order valence-electron chi connectivity index (χ4n) is 1.58. The predicted octanol–water partition coefficient (Wildman–Crippen LogP) is 3.08. The van der Waals surface area contributed by atoms with Crippen molar-refractivity contribution >= 4 is 27.5 Å². The summed E-state index contributed by atoms with van der Waals surface area (Å²) in [5.41, 5.74) is 0.912. The molecule has 1 N–H and O–H groups in total. The van der Waals surface area contributed by atoms with E-state index < -0.39 is 10.0 Å². The Morgan fingerprint density at radius 1 is 1.05 bits per heavy atom. The minimum Gasteiger partial charge on any atom is -0.280 e. The molecule has 0 aliphatic rings. The molecule has 0 heterocycles. The van der Waals surface area contributed by atoms with Gasteiger partial charge >= 0.3 is 0 Å². The first-order valence-corrected chi connectivity index (χ1v) is 8.43. The molecular formula is C14H12N2O2S2. The summed E-state index contributed by atoms with van der Waals surface area (Å²) < 4.78 is 26.8. The minimum atomic E-state index is -3.60. The lowest BCUT2D eigenvalue weighted by Gasteiger charge is -2.08. The Labute approximate surface area is 122 Å². The lowest BCUT2D eigenvalue weighted by Crippen LogP contribution is -2.12. The van der Waals surface area contributed by atoms with Crippen LogP contribution in [0.15, 0.2) is 58.3 Å². The molecule has 20 heavy (non-hydrogen) atoms. The summed E-state index contributed by atoms with van der Waals surface area (Å²) in [6.45, 7) is 0. The monoisotopic (exact) mass is 304 g/mol. The molecular weight excluding hydrogens is 292 g/mol. The number of hydrogen-bond donors (Lipinski definition) is 1. The van der Waals surface area contributed by atoms with Crippen LogP contribution < -0.4 is 4.72 Å². The first-order chi connectivity index (χ1) is 9.55. The fourth-order valence-corrected chi connectivity index (χ4v) is 3.05. The molecule has 0 unspecified atom stereocenters. The predicted molar refractivity (Wildman–Crippen MR) is 80.2 cm³/mol. The van der Waals surface area contributed by atoms with E-state index in [1.165, 1.54) is 0 Å². The van der Waals surface area contributed by atoms with Gasteiger partial charge in [-0.1, -0.05) is 0 Å². The Kier molecular flexibility index (Phi) is 4.32. The maximum Gasteiger partial charge on any atom is 0.261 e. The van der Waals surface area contributed by atoms with Crippen LogP contribution in [0.3, 0.4) is 0 Å². The van der Waals surface area contributed by atoms with E-state index in [0.717, 1.165) is 4.90 Å². The number of sulfonamides is 1. The molecule has 0 radical (unpaired) electrons. The van der Waals surface area contributed by atoms with Crippen LogP contribution in [0.2, 0.25) is 0 Å². The van der Waals surface area contributed by atoms with E-state index in [4.69, 9.17) is 5.26 Å².